The zero-order valence-electron chi connectivity index (χ0n) is 19.2. The highest BCUT2D eigenvalue weighted by molar-refractivity contribution is 6.07. The van der Waals surface area contributed by atoms with Crippen LogP contribution in [-0.2, 0) is 11.2 Å². The zero-order valence-corrected chi connectivity index (χ0v) is 19.2. The number of aromatic nitrogens is 2. The topological polar surface area (TPSA) is 93.2 Å². The maximum Gasteiger partial charge on any atom is 0.258 e. The fourth-order valence-corrected chi connectivity index (χ4v) is 3.85. The van der Waals surface area contributed by atoms with Crippen molar-refractivity contribution < 1.29 is 14.3 Å². The second kappa shape index (κ2) is 10.3. The average molecular weight is 467 g/mol. The van der Waals surface area contributed by atoms with Crippen molar-refractivity contribution in [3.8, 4) is 17.0 Å². The SMILES string of the molecule is O=C(COc1ccc(CCNC(=O)c2cc(-c3ccncc3)nc3ccccc23)cc1)NC1CC1. The Kier molecular flexibility index (Phi) is 6.66. The van der Waals surface area contributed by atoms with Crippen molar-refractivity contribution in [1.82, 2.24) is 20.6 Å². The van der Waals surface area contributed by atoms with Crippen LogP contribution in [0.4, 0.5) is 0 Å². The van der Waals surface area contributed by atoms with Gasteiger partial charge in [0.05, 0.1) is 16.8 Å². The Bertz CT molecular complexity index is 1340. The molecule has 2 heterocycles. The van der Waals surface area contributed by atoms with E-state index in [9.17, 15) is 9.59 Å². The highest BCUT2D eigenvalue weighted by Gasteiger charge is 2.23. The van der Waals surface area contributed by atoms with Gasteiger partial charge in [-0.05, 0) is 61.2 Å². The minimum atomic E-state index is -0.138. The van der Waals surface area contributed by atoms with Crippen LogP contribution < -0.4 is 15.4 Å². The van der Waals surface area contributed by atoms with Gasteiger partial charge in [0.2, 0.25) is 0 Å². The summed E-state index contributed by atoms with van der Waals surface area (Å²) in [5, 5.41) is 6.75. The smallest absolute Gasteiger partial charge is 0.258 e. The fourth-order valence-electron chi connectivity index (χ4n) is 3.85. The molecule has 0 atom stereocenters. The summed E-state index contributed by atoms with van der Waals surface area (Å²) in [7, 11) is 0. The lowest BCUT2D eigenvalue weighted by Crippen LogP contribution is -2.30. The highest BCUT2D eigenvalue weighted by Crippen LogP contribution is 2.24. The summed E-state index contributed by atoms with van der Waals surface area (Å²) in [5.74, 6) is 0.422. The van der Waals surface area contributed by atoms with Gasteiger partial charge in [0.1, 0.15) is 5.75 Å². The van der Waals surface area contributed by atoms with Gasteiger partial charge in [-0.15, -0.1) is 0 Å². The quantitative estimate of drug-likeness (QED) is 0.390. The number of pyridine rings is 2. The van der Waals surface area contributed by atoms with E-state index in [1.807, 2.05) is 66.7 Å². The van der Waals surface area contributed by atoms with Crippen LogP contribution in [0.25, 0.3) is 22.2 Å². The molecule has 2 aromatic carbocycles. The summed E-state index contributed by atoms with van der Waals surface area (Å²) in [6.45, 7) is 0.511. The largest absolute Gasteiger partial charge is 0.484 e. The van der Waals surface area contributed by atoms with Gasteiger partial charge in [-0.2, -0.15) is 0 Å². The van der Waals surface area contributed by atoms with Gasteiger partial charge >= 0.3 is 0 Å². The molecular formula is C28H26N4O3. The Hall–Kier alpha value is -4.26. The normalized spacial score (nSPS) is 12.8. The van der Waals surface area contributed by atoms with Crippen LogP contribution in [0.1, 0.15) is 28.8 Å². The second-order valence-electron chi connectivity index (χ2n) is 8.59. The minimum Gasteiger partial charge on any atom is -0.484 e. The average Bonchev–Trinajstić information content (AvgIpc) is 3.72. The Morgan fingerprint density at radius 1 is 0.971 bits per heavy atom. The maximum absolute atomic E-state index is 13.1. The molecule has 2 N–H and O–H groups in total. The fraction of sp³-hybridized carbons (Fsp3) is 0.214. The molecule has 7 nitrogen and oxygen atoms in total. The predicted molar refractivity (Wildman–Crippen MR) is 134 cm³/mol. The number of ether oxygens (including phenoxy) is 1. The van der Waals surface area contributed by atoms with Gasteiger partial charge < -0.3 is 15.4 Å². The Labute approximate surface area is 203 Å². The van der Waals surface area contributed by atoms with Crippen LogP contribution in [0.15, 0.2) is 79.1 Å². The van der Waals surface area contributed by atoms with E-state index in [1.54, 1.807) is 12.4 Å². The standard InChI is InChI=1S/C28H26N4O3/c33-27(31-21-7-8-21)18-35-22-9-5-19(6-10-22)11-16-30-28(34)24-17-26(20-12-14-29-15-13-20)32-25-4-2-1-3-23(24)25/h1-6,9-10,12-15,17,21H,7-8,11,16,18H2,(H,30,34)(H,31,33). The zero-order chi connectivity index (χ0) is 24.0. The van der Waals surface area contributed by atoms with Crippen LogP contribution in [0.5, 0.6) is 5.75 Å². The van der Waals surface area contributed by atoms with Crippen molar-refractivity contribution in [3.05, 3.63) is 90.3 Å². The number of para-hydroxylation sites is 1. The third kappa shape index (κ3) is 5.81. The van der Waals surface area contributed by atoms with Gasteiger partial charge in [-0.25, -0.2) is 4.98 Å². The van der Waals surface area contributed by atoms with Crippen LogP contribution in [0, 0.1) is 0 Å². The predicted octanol–water partition coefficient (Wildman–Crippen LogP) is 3.93. The molecule has 0 unspecified atom stereocenters. The molecule has 0 spiro atoms. The third-order valence-electron chi connectivity index (χ3n) is 5.87. The Morgan fingerprint density at radius 3 is 2.51 bits per heavy atom. The van der Waals surface area contributed by atoms with E-state index in [0.717, 1.165) is 40.6 Å². The molecule has 2 aromatic heterocycles. The molecule has 176 valence electrons. The van der Waals surface area contributed by atoms with E-state index in [4.69, 9.17) is 9.72 Å². The molecule has 7 heteroatoms. The number of nitrogens with one attached hydrogen (secondary N) is 2. The molecule has 1 saturated carbocycles. The highest BCUT2D eigenvalue weighted by atomic mass is 16.5. The summed E-state index contributed by atoms with van der Waals surface area (Å²) in [6, 6.07) is 21.2. The van der Waals surface area contributed by atoms with Crippen molar-refractivity contribution in [2.75, 3.05) is 13.2 Å². The first-order valence-corrected chi connectivity index (χ1v) is 11.8. The number of fused-ring (bicyclic) bond motifs is 1. The first kappa shape index (κ1) is 22.5. The molecule has 35 heavy (non-hydrogen) atoms. The van der Waals surface area contributed by atoms with Crippen LogP contribution in [0.2, 0.25) is 0 Å². The molecule has 1 aliphatic carbocycles. The van der Waals surface area contributed by atoms with Crippen molar-refractivity contribution in [2.45, 2.75) is 25.3 Å². The molecule has 1 fully saturated rings. The maximum atomic E-state index is 13.1. The molecule has 0 saturated heterocycles. The summed E-state index contributed by atoms with van der Waals surface area (Å²) < 4.78 is 5.55. The van der Waals surface area contributed by atoms with Crippen LogP contribution >= 0.6 is 0 Å². The Balaban J connectivity index is 1.20. The molecule has 0 aliphatic heterocycles. The molecule has 1 aliphatic rings. The first-order valence-electron chi connectivity index (χ1n) is 11.8. The van der Waals surface area contributed by atoms with Crippen LogP contribution in [-0.4, -0.2) is 41.0 Å². The summed E-state index contributed by atoms with van der Waals surface area (Å²) in [5.41, 5.74) is 4.07. The number of carbonyl (C=O) groups is 2. The van der Waals surface area contributed by atoms with E-state index in [2.05, 4.69) is 15.6 Å². The minimum absolute atomic E-state index is 0.0211. The number of amides is 2. The van der Waals surface area contributed by atoms with Gasteiger partial charge in [0.15, 0.2) is 6.61 Å². The van der Waals surface area contributed by atoms with E-state index >= 15 is 0 Å². The molecular weight excluding hydrogens is 440 g/mol. The van der Waals surface area contributed by atoms with Crippen molar-refractivity contribution in [1.29, 1.82) is 0 Å². The molecule has 4 aromatic rings. The number of rotatable bonds is 9. The van der Waals surface area contributed by atoms with Crippen molar-refractivity contribution in [3.63, 3.8) is 0 Å². The lowest BCUT2D eigenvalue weighted by atomic mass is 10.0. The van der Waals surface area contributed by atoms with E-state index in [0.29, 0.717) is 30.3 Å². The number of nitrogens with zero attached hydrogens (tertiary/aromatic N) is 2. The summed E-state index contributed by atoms with van der Waals surface area (Å²) in [6.07, 6.45) is 6.21. The molecule has 5 rings (SSSR count). The van der Waals surface area contributed by atoms with Gasteiger partial charge in [0, 0.05) is 35.9 Å². The third-order valence-corrected chi connectivity index (χ3v) is 5.87. The van der Waals surface area contributed by atoms with E-state index in [-0.39, 0.29) is 18.4 Å². The number of benzene rings is 2. The Morgan fingerprint density at radius 2 is 1.74 bits per heavy atom. The molecule has 2 amide bonds. The summed E-state index contributed by atoms with van der Waals surface area (Å²) >= 11 is 0. The molecule has 0 bridgehead atoms. The van der Waals surface area contributed by atoms with Gasteiger partial charge in [-0.1, -0.05) is 30.3 Å². The van der Waals surface area contributed by atoms with E-state index < -0.39 is 0 Å². The summed E-state index contributed by atoms with van der Waals surface area (Å²) in [4.78, 5) is 33.6. The van der Waals surface area contributed by atoms with E-state index in [1.165, 1.54) is 0 Å². The van der Waals surface area contributed by atoms with Crippen molar-refractivity contribution >= 4 is 22.7 Å². The second-order valence-corrected chi connectivity index (χ2v) is 8.59. The monoisotopic (exact) mass is 466 g/mol. The number of carbonyl (C=O) groups excluding carboxylic acids is 2. The lowest BCUT2D eigenvalue weighted by Gasteiger charge is -2.11. The van der Waals surface area contributed by atoms with Gasteiger partial charge in [-0.3, -0.25) is 14.6 Å². The number of hydrogen-bond acceptors (Lipinski definition) is 5. The number of hydrogen-bond donors (Lipinski definition) is 2. The molecule has 0 radical (unpaired) electrons. The van der Waals surface area contributed by atoms with Crippen molar-refractivity contribution in [2.24, 2.45) is 0 Å². The van der Waals surface area contributed by atoms with Crippen LogP contribution in [0.3, 0.4) is 0 Å². The lowest BCUT2D eigenvalue weighted by molar-refractivity contribution is -0.123. The van der Waals surface area contributed by atoms with Gasteiger partial charge in [0.25, 0.3) is 11.8 Å². The first-order chi connectivity index (χ1) is 17.2.